The lowest BCUT2D eigenvalue weighted by molar-refractivity contribution is -0.137. The first-order valence-corrected chi connectivity index (χ1v) is 7.27. The second-order valence-electron chi connectivity index (χ2n) is 4.82. The van der Waals surface area contributed by atoms with Gasteiger partial charge in [0, 0.05) is 11.3 Å². The van der Waals surface area contributed by atoms with Crippen LogP contribution in [0.15, 0.2) is 12.1 Å². The van der Waals surface area contributed by atoms with Crippen LogP contribution in [0.3, 0.4) is 0 Å². The van der Waals surface area contributed by atoms with E-state index in [0.717, 1.165) is 30.7 Å². The second kappa shape index (κ2) is 5.40. The number of hydrogen-bond donors (Lipinski definition) is 1. The molecule has 0 spiro atoms. The van der Waals surface area contributed by atoms with Crippen molar-refractivity contribution in [3.05, 3.63) is 22.8 Å². The summed E-state index contributed by atoms with van der Waals surface area (Å²) in [5, 5.41) is 2.81. The number of nitrogens with one attached hydrogen (secondary N) is 1. The molecule has 2 nitrogen and oxygen atoms in total. The van der Waals surface area contributed by atoms with Crippen LogP contribution in [0.25, 0.3) is 0 Å². The molecular formula is C12H14ClF3N2S. The van der Waals surface area contributed by atoms with E-state index < -0.39 is 11.7 Å². The van der Waals surface area contributed by atoms with E-state index in [1.165, 1.54) is 0 Å². The van der Waals surface area contributed by atoms with Crippen molar-refractivity contribution in [2.24, 2.45) is 0 Å². The zero-order valence-electron chi connectivity index (χ0n) is 10.4. The highest BCUT2D eigenvalue weighted by Crippen LogP contribution is 2.38. The van der Waals surface area contributed by atoms with Gasteiger partial charge in [-0.15, -0.1) is 0 Å². The quantitative estimate of drug-likeness (QED) is 0.835. The monoisotopic (exact) mass is 310 g/mol. The lowest BCUT2D eigenvalue weighted by Gasteiger charge is -2.23. The third-order valence-corrected chi connectivity index (χ3v) is 4.80. The average molecular weight is 311 g/mol. The summed E-state index contributed by atoms with van der Waals surface area (Å²) in [4.78, 5) is 3.88. The van der Waals surface area contributed by atoms with Gasteiger partial charge in [0.05, 0.1) is 5.56 Å². The Kier molecular flexibility index (Phi) is 4.20. The highest BCUT2D eigenvalue weighted by atomic mass is 35.5. The lowest BCUT2D eigenvalue weighted by atomic mass is 10.1. The minimum atomic E-state index is -4.41. The summed E-state index contributed by atoms with van der Waals surface area (Å²) < 4.78 is 38.0. The van der Waals surface area contributed by atoms with Gasteiger partial charge in [-0.3, -0.25) is 0 Å². The number of rotatable bonds is 3. The fraction of sp³-hybridized carbons (Fsp3) is 0.583. The van der Waals surface area contributed by atoms with Crippen LogP contribution in [0.4, 0.5) is 19.0 Å². The van der Waals surface area contributed by atoms with E-state index in [0.29, 0.717) is 6.54 Å². The van der Waals surface area contributed by atoms with Crippen LogP contribution >= 0.6 is 23.4 Å². The van der Waals surface area contributed by atoms with Gasteiger partial charge in [0.25, 0.3) is 0 Å². The number of thioether (sulfide) groups is 1. The van der Waals surface area contributed by atoms with Crippen molar-refractivity contribution in [2.75, 3.05) is 17.6 Å². The van der Waals surface area contributed by atoms with Crippen molar-refractivity contribution in [1.82, 2.24) is 4.98 Å². The van der Waals surface area contributed by atoms with Gasteiger partial charge in [-0.25, -0.2) is 4.98 Å². The lowest BCUT2D eigenvalue weighted by Crippen LogP contribution is -2.27. The zero-order chi connectivity index (χ0) is 14.1. The van der Waals surface area contributed by atoms with Gasteiger partial charge in [-0.2, -0.15) is 24.9 Å². The molecule has 1 aliphatic heterocycles. The fourth-order valence-corrected chi connectivity index (χ4v) is 3.46. The number of aromatic nitrogens is 1. The molecule has 0 saturated carbocycles. The maximum absolute atomic E-state index is 12.6. The van der Waals surface area contributed by atoms with Gasteiger partial charge in [0.2, 0.25) is 0 Å². The van der Waals surface area contributed by atoms with E-state index in [2.05, 4.69) is 17.2 Å². The van der Waals surface area contributed by atoms with Crippen molar-refractivity contribution in [2.45, 2.75) is 30.7 Å². The Hall–Kier alpha value is -0.620. The Bertz CT molecular complexity index is 459. The van der Waals surface area contributed by atoms with Gasteiger partial charge in [0.1, 0.15) is 11.0 Å². The molecule has 0 aliphatic carbocycles. The first-order valence-electron chi connectivity index (χ1n) is 5.91. The molecule has 0 bridgehead atoms. The number of pyridine rings is 1. The first kappa shape index (κ1) is 14.8. The minimum Gasteiger partial charge on any atom is -0.369 e. The van der Waals surface area contributed by atoms with Crippen LogP contribution < -0.4 is 5.32 Å². The second-order valence-corrected chi connectivity index (χ2v) is 6.89. The Labute approximate surface area is 119 Å². The summed E-state index contributed by atoms with van der Waals surface area (Å²) in [5.74, 6) is 1.27. The van der Waals surface area contributed by atoms with Crippen LogP contribution in [0, 0.1) is 0 Å². The number of anilines is 1. The summed E-state index contributed by atoms with van der Waals surface area (Å²) in [7, 11) is 0. The number of halogens is 4. The van der Waals surface area contributed by atoms with Crippen molar-refractivity contribution in [3.63, 3.8) is 0 Å². The summed E-state index contributed by atoms with van der Waals surface area (Å²) in [5.41, 5.74) is -0.778. The topological polar surface area (TPSA) is 24.9 Å². The van der Waals surface area contributed by atoms with Crippen LogP contribution in [0.2, 0.25) is 5.15 Å². The third kappa shape index (κ3) is 3.92. The van der Waals surface area contributed by atoms with Crippen molar-refractivity contribution >= 4 is 29.2 Å². The van der Waals surface area contributed by atoms with Crippen LogP contribution in [0.1, 0.15) is 25.3 Å². The molecule has 1 aromatic heterocycles. The molecule has 106 valence electrons. The Balaban J connectivity index is 2.10. The normalized spacial score (nSPS) is 23.6. The Morgan fingerprint density at radius 2 is 2.21 bits per heavy atom. The zero-order valence-corrected chi connectivity index (χ0v) is 11.9. The molecule has 1 saturated heterocycles. The van der Waals surface area contributed by atoms with Gasteiger partial charge >= 0.3 is 6.18 Å². The number of hydrogen-bond acceptors (Lipinski definition) is 3. The predicted molar refractivity (Wildman–Crippen MR) is 72.8 cm³/mol. The molecule has 0 amide bonds. The first-order chi connectivity index (χ1) is 8.78. The van der Waals surface area contributed by atoms with Gasteiger partial charge in [-0.1, -0.05) is 11.6 Å². The molecule has 0 aromatic carbocycles. The standard InChI is InChI=1S/C12H14ClF3N2S/c1-11(3-2-4-19-11)7-17-10-6-8(12(14,15)16)5-9(13)18-10/h5-6H,2-4,7H2,1H3,(H,17,18). The number of alkyl halides is 3. The fourth-order valence-electron chi connectivity index (χ4n) is 2.00. The van der Waals surface area contributed by atoms with Gasteiger partial charge in [0.15, 0.2) is 0 Å². The van der Waals surface area contributed by atoms with Gasteiger partial charge < -0.3 is 5.32 Å². The van der Waals surface area contributed by atoms with E-state index in [1.54, 1.807) is 0 Å². The summed E-state index contributed by atoms with van der Waals surface area (Å²) in [6.45, 7) is 2.69. The highest BCUT2D eigenvalue weighted by Gasteiger charge is 2.32. The molecule has 2 heterocycles. The SMILES string of the molecule is CC1(CNc2cc(C(F)(F)F)cc(Cl)n2)CCCS1. The molecule has 1 N–H and O–H groups in total. The van der Waals surface area contributed by atoms with Crippen LogP contribution in [-0.2, 0) is 6.18 Å². The molecular weight excluding hydrogens is 297 g/mol. The molecule has 19 heavy (non-hydrogen) atoms. The molecule has 1 unspecified atom stereocenters. The predicted octanol–water partition coefficient (Wildman–Crippen LogP) is 4.45. The smallest absolute Gasteiger partial charge is 0.369 e. The van der Waals surface area contributed by atoms with E-state index in [1.807, 2.05) is 11.8 Å². The van der Waals surface area contributed by atoms with Crippen LogP contribution in [-0.4, -0.2) is 22.0 Å². The van der Waals surface area contributed by atoms with Gasteiger partial charge in [-0.05, 0) is 37.7 Å². The van der Waals surface area contributed by atoms with Crippen molar-refractivity contribution in [1.29, 1.82) is 0 Å². The molecule has 1 atom stereocenters. The molecule has 0 radical (unpaired) electrons. The number of nitrogens with zero attached hydrogens (tertiary/aromatic N) is 1. The molecule has 2 rings (SSSR count). The Morgan fingerprint density at radius 1 is 1.47 bits per heavy atom. The molecule has 7 heteroatoms. The summed E-state index contributed by atoms with van der Waals surface area (Å²) >= 11 is 7.46. The van der Waals surface area contributed by atoms with Crippen molar-refractivity contribution in [3.8, 4) is 0 Å². The maximum Gasteiger partial charge on any atom is 0.416 e. The van der Waals surface area contributed by atoms with E-state index in [-0.39, 0.29) is 15.7 Å². The summed E-state index contributed by atoms with van der Waals surface area (Å²) in [6, 6.07) is 1.83. The van der Waals surface area contributed by atoms with E-state index in [9.17, 15) is 13.2 Å². The minimum absolute atomic E-state index is 0.0579. The Morgan fingerprint density at radius 3 is 2.79 bits per heavy atom. The maximum atomic E-state index is 12.6. The molecule has 1 aromatic rings. The largest absolute Gasteiger partial charge is 0.416 e. The van der Waals surface area contributed by atoms with E-state index in [4.69, 9.17) is 11.6 Å². The highest BCUT2D eigenvalue weighted by molar-refractivity contribution is 8.00. The summed E-state index contributed by atoms with van der Waals surface area (Å²) in [6.07, 6.45) is -2.22. The third-order valence-electron chi connectivity index (χ3n) is 3.07. The van der Waals surface area contributed by atoms with Crippen molar-refractivity contribution < 1.29 is 13.2 Å². The average Bonchev–Trinajstić information content (AvgIpc) is 2.72. The van der Waals surface area contributed by atoms with E-state index >= 15 is 0 Å². The molecule has 1 fully saturated rings. The van der Waals surface area contributed by atoms with Crippen LogP contribution in [0.5, 0.6) is 0 Å². The molecule has 1 aliphatic rings.